The van der Waals surface area contributed by atoms with Crippen LogP contribution in [-0.2, 0) is 18.4 Å². The molecule has 1 aliphatic heterocycles. The molecule has 0 spiro atoms. The number of benzene rings is 1. The lowest BCUT2D eigenvalue weighted by molar-refractivity contribution is 0.0358. The van der Waals surface area contributed by atoms with Gasteiger partial charge < -0.3 is 19.3 Å². The van der Waals surface area contributed by atoms with Gasteiger partial charge in [-0.15, -0.1) is 0 Å². The Hall–Kier alpha value is -2.18. The predicted molar refractivity (Wildman–Crippen MR) is 94.0 cm³/mol. The Morgan fingerprint density at radius 3 is 2.80 bits per heavy atom. The quantitative estimate of drug-likeness (QED) is 0.903. The van der Waals surface area contributed by atoms with Crippen molar-refractivity contribution in [3.63, 3.8) is 0 Å². The molecule has 6 nitrogen and oxygen atoms in total. The Morgan fingerprint density at radius 1 is 1.40 bits per heavy atom. The van der Waals surface area contributed by atoms with Gasteiger partial charge in [-0.05, 0) is 30.5 Å². The first-order chi connectivity index (χ1) is 12.1. The topological polar surface area (TPSA) is 67.6 Å². The lowest BCUT2D eigenvalue weighted by Gasteiger charge is -2.35. The van der Waals surface area contributed by atoms with E-state index in [9.17, 15) is 9.90 Å². The van der Waals surface area contributed by atoms with Crippen LogP contribution >= 0.6 is 0 Å². The number of aliphatic hydroxyl groups is 1. The highest BCUT2D eigenvalue weighted by Gasteiger charge is 2.31. The van der Waals surface area contributed by atoms with Crippen molar-refractivity contribution in [2.24, 2.45) is 13.0 Å². The molecule has 2 atom stereocenters. The number of hydrogen-bond acceptors (Lipinski definition) is 4. The second-order valence-corrected chi connectivity index (χ2v) is 6.62. The number of amides is 1. The molecule has 0 saturated carbocycles. The Morgan fingerprint density at radius 2 is 2.16 bits per heavy atom. The van der Waals surface area contributed by atoms with Crippen LogP contribution in [0.15, 0.2) is 36.7 Å². The highest BCUT2D eigenvalue weighted by Crippen LogP contribution is 2.29. The smallest absolute Gasteiger partial charge is 0.253 e. The molecule has 1 aliphatic rings. The lowest BCUT2D eigenvalue weighted by atomic mass is 9.91. The number of rotatable bonds is 5. The van der Waals surface area contributed by atoms with E-state index in [0.717, 1.165) is 24.9 Å². The van der Waals surface area contributed by atoms with Crippen LogP contribution in [0.1, 0.15) is 40.7 Å². The molecular formula is C19H25N3O3. The fourth-order valence-electron chi connectivity index (χ4n) is 3.42. The summed E-state index contributed by atoms with van der Waals surface area (Å²) in [6.07, 6.45) is 4.64. The van der Waals surface area contributed by atoms with Crippen LogP contribution in [0.2, 0.25) is 0 Å². The molecule has 1 aromatic carbocycles. The molecule has 1 fully saturated rings. The number of nitrogens with zero attached hydrogens (tertiary/aromatic N) is 3. The van der Waals surface area contributed by atoms with Crippen LogP contribution in [0.4, 0.5) is 0 Å². The second-order valence-electron chi connectivity index (χ2n) is 6.62. The first-order valence-electron chi connectivity index (χ1n) is 8.62. The SMILES string of the molecule is COCc1ccc(C(=O)N2CCCC(C(O)c3nccn3C)C2)cc1. The van der Waals surface area contributed by atoms with Crippen molar-refractivity contribution in [3.8, 4) is 0 Å². The van der Waals surface area contributed by atoms with Gasteiger partial charge in [-0.3, -0.25) is 4.79 Å². The Kier molecular flexibility index (Phi) is 5.50. The van der Waals surface area contributed by atoms with Crippen LogP contribution in [0.5, 0.6) is 0 Å². The van der Waals surface area contributed by atoms with Crippen LogP contribution < -0.4 is 0 Å². The molecule has 0 aliphatic carbocycles. The van der Waals surface area contributed by atoms with E-state index in [4.69, 9.17) is 4.74 Å². The summed E-state index contributed by atoms with van der Waals surface area (Å²) in [5.74, 6) is 0.676. The molecule has 1 N–H and O–H groups in total. The maximum atomic E-state index is 12.8. The van der Waals surface area contributed by atoms with E-state index in [-0.39, 0.29) is 11.8 Å². The van der Waals surface area contributed by atoms with Crippen LogP contribution in [-0.4, -0.2) is 45.7 Å². The standard InChI is InChI=1S/C19H25N3O3/c1-21-11-9-20-18(21)17(23)16-4-3-10-22(12-16)19(24)15-7-5-14(6-8-15)13-25-2/h5-9,11,16-17,23H,3-4,10,12-13H2,1-2H3. The molecule has 0 bridgehead atoms. The second kappa shape index (κ2) is 7.80. The number of ether oxygens (including phenoxy) is 1. The molecule has 134 valence electrons. The maximum Gasteiger partial charge on any atom is 0.253 e. The van der Waals surface area contributed by atoms with Gasteiger partial charge in [-0.2, -0.15) is 0 Å². The van der Waals surface area contributed by atoms with E-state index in [1.54, 1.807) is 13.3 Å². The van der Waals surface area contributed by atoms with E-state index in [0.29, 0.717) is 24.5 Å². The number of carbonyl (C=O) groups excluding carboxylic acids is 1. The molecule has 25 heavy (non-hydrogen) atoms. The zero-order valence-corrected chi connectivity index (χ0v) is 14.8. The van der Waals surface area contributed by atoms with Gasteiger partial charge in [0.05, 0.1) is 6.61 Å². The van der Waals surface area contributed by atoms with Crippen molar-refractivity contribution in [1.82, 2.24) is 14.5 Å². The first-order valence-corrected chi connectivity index (χ1v) is 8.62. The molecule has 3 rings (SSSR count). The summed E-state index contributed by atoms with van der Waals surface area (Å²) in [5.41, 5.74) is 1.72. The van der Waals surface area contributed by atoms with Crippen molar-refractivity contribution >= 4 is 5.91 Å². The summed E-state index contributed by atoms with van der Waals surface area (Å²) in [4.78, 5) is 18.9. The summed E-state index contributed by atoms with van der Waals surface area (Å²) < 4.78 is 6.93. The van der Waals surface area contributed by atoms with Crippen molar-refractivity contribution in [2.75, 3.05) is 20.2 Å². The van der Waals surface area contributed by atoms with Gasteiger partial charge in [-0.1, -0.05) is 12.1 Å². The minimum Gasteiger partial charge on any atom is -0.385 e. The summed E-state index contributed by atoms with van der Waals surface area (Å²) in [6.45, 7) is 1.81. The first kappa shape index (κ1) is 17.6. The summed E-state index contributed by atoms with van der Waals surface area (Å²) in [7, 11) is 3.53. The van der Waals surface area contributed by atoms with E-state index in [1.807, 2.05) is 47.0 Å². The summed E-state index contributed by atoms with van der Waals surface area (Å²) in [6, 6.07) is 7.52. The normalized spacial score (nSPS) is 19.0. The highest BCUT2D eigenvalue weighted by molar-refractivity contribution is 5.94. The third-order valence-corrected chi connectivity index (χ3v) is 4.83. The fraction of sp³-hybridized carbons (Fsp3) is 0.474. The van der Waals surface area contributed by atoms with E-state index >= 15 is 0 Å². The summed E-state index contributed by atoms with van der Waals surface area (Å²) in [5, 5.41) is 10.6. The van der Waals surface area contributed by atoms with E-state index in [2.05, 4.69) is 4.98 Å². The van der Waals surface area contributed by atoms with Crippen molar-refractivity contribution in [1.29, 1.82) is 0 Å². The zero-order valence-electron chi connectivity index (χ0n) is 14.8. The van der Waals surface area contributed by atoms with Gasteiger partial charge in [0.1, 0.15) is 11.9 Å². The average Bonchev–Trinajstić information content (AvgIpc) is 3.07. The average molecular weight is 343 g/mol. The molecule has 6 heteroatoms. The number of methoxy groups -OCH3 is 1. The predicted octanol–water partition coefficient (Wildman–Crippen LogP) is 2.15. The number of likely N-dealkylation sites (tertiary alicyclic amines) is 1. The van der Waals surface area contributed by atoms with Crippen LogP contribution in [0.3, 0.4) is 0 Å². The van der Waals surface area contributed by atoms with Gasteiger partial charge in [0.2, 0.25) is 0 Å². The van der Waals surface area contributed by atoms with Gasteiger partial charge >= 0.3 is 0 Å². The number of hydrogen-bond donors (Lipinski definition) is 1. The van der Waals surface area contributed by atoms with Crippen molar-refractivity contribution in [2.45, 2.75) is 25.6 Å². The lowest BCUT2D eigenvalue weighted by Crippen LogP contribution is -2.42. The van der Waals surface area contributed by atoms with E-state index < -0.39 is 6.10 Å². The molecule has 1 aromatic heterocycles. The highest BCUT2D eigenvalue weighted by atomic mass is 16.5. The number of aliphatic hydroxyl groups excluding tert-OH is 1. The molecular weight excluding hydrogens is 318 g/mol. The van der Waals surface area contributed by atoms with Gasteiger partial charge in [0, 0.05) is 51.1 Å². The van der Waals surface area contributed by atoms with Crippen molar-refractivity contribution < 1.29 is 14.6 Å². The third-order valence-electron chi connectivity index (χ3n) is 4.83. The Bertz CT molecular complexity index is 711. The Labute approximate surface area is 148 Å². The number of aromatic nitrogens is 2. The Balaban J connectivity index is 1.68. The van der Waals surface area contributed by atoms with Gasteiger partial charge in [-0.25, -0.2) is 4.98 Å². The van der Waals surface area contributed by atoms with E-state index in [1.165, 1.54) is 0 Å². The molecule has 0 radical (unpaired) electrons. The molecule has 2 heterocycles. The minimum atomic E-state index is -0.653. The largest absolute Gasteiger partial charge is 0.385 e. The van der Waals surface area contributed by atoms with Crippen LogP contribution in [0, 0.1) is 5.92 Å². The van der Waals surface area contributed by atoms with Gasteiger partial charge in [0.15, 0.2) is 0 Å². The van der Waals surface area contributed by atoms with Crippen molar-refractivity contribution in [3.05, 3.63) is 53.6 Å². The van der Waals surface area contributed by atoms with Crippen LogP contribution in [0.25, 0.3) is 0 Å². The monoisotopic (exact) mass is 343 g/mol. The number of aryl methyl sites for hydroxylation is 1. The summed E-state index contributed by atoms with van der Waals surface area (Å²) >= 11 is 0. The minimum absolute atomic E-state index is 0.00608. The molecule has 2 aromatic rings. The zero-order chi connectivity index (χ0) is 17.8. The maximum absolute atomic E-state index is 12.8. The molecule has 2 unspecified atom stereocenters. The number of carbonyl (C=O) groups is 1. The number of piperidine rings is 1. The van der Waals surface area contributed by atoms with Gasteiger partial charge in [0.25, 0.3) is 5.91 Å². The molecule has 1 saturated heterocycles. The fourth-order valence-corrected chi connectivity index (χ4v) is 3.42. The molecule has 1 amide bonds. The number of imidazole rings is 1. The third kappa shape index (κ3) is 3.91.